The van der Waals surface area contributed by atoms with E-state index in [-0.39, 0.29) is 5.84 Å². The molecule has 1 rings (SSSR count). The highest BCUT2D eigenvalue weighted by molar-refractivity contribution is 5.79. The first-order chi connectivity index (χ1) is 6.84. The fourth-order valence-corrected chi connectivity index (χ4v) is 2.36. The molecular weight excluding hydrogens is 190 g/mol. The van der Waals surface area contributed by atoms with Crippen molar-refractivity contribution in [3.05, 3.63) is 0 Å². The minimum atomic E-state index is 0.289. The molecule has 0 radical (unpaired) electrons. The maximum absolute atomic E-state index is 8.36. The second-order valence-electron chi connectivity index (χ2n) is 5.54. The Morgan fingerprint density at radius 3 is 2.27 bits per heavy atom. The zero-order valence-corrected chi connectivity index (χ0v) is 10.2. The van der Waals surface area contributed by atoms with Crippen LogP contribution in [0.2, 0.25) is 0 Å². The van der Waals surface area contributed by atoms with E-state index < -0.39 is 0 Å². The highest BCUT2D eigenvalue weighted by Crippen LogP contribution is 2.67. The normalized spacial score (nSPS) is 24.1. The van der Waals surface area contributed by atoms with Crippen molar-refractivity contribution in [1.82, 2.24) is 5.32 Å². The third-order valence-corrected chi connectivity index (χ3v) is 4.35. The Labute approximate surface area is 91.9 Å². The number of oxime groups is 1. The van der Waals surface area contributed by atoms with Gasteiger partial charge in [-0.1, -0.05) is 32.9 Å². The average molecular weight is 213 g/mol. The van der Waals surface area contributed by atoms with Crippen molar-refractivity contribution in [2.75, 3.05) is 13.1 Å². The Balaban J connectivity index is 2.19. The van der Waals surface area contributed by atoms with Crippen LogP contribution in [0.3, 0.4) is 0 Å². The molecule has 1 fully saturated rings. The predicted molar refractivity (Wildman–Crippen MR) is 61.9 cm³/mol. The molecule has 88 valence electrons. The molecule has 15 heavy (non-hydrogen) atoms. The van der Waals surface area contributed by atoms with Crippen molar-refractivity contribution < 1.29 is 5.21 Å². The van der Waals surface area contributed by atoms with Gasteiger partial charge in [-0.3, -0.25) is 0 Å². The minimum absolute atomic E-state index is 0.289. The highest BCUT2D eigenvalue weighted by Gasteiger charge is 2.63. The number of nitrogens with two attached hydrogens (primary N) is 1. The van der Waals surface area contributed by atoms with Gasteiger partial charge in [-0.25, -0.2) is 0 Å². The summed E-state index contributed by atoms with van der Waals surface area (Å²) in [6, 6.07) is 0. The van der Waals surface area contributed by atoms with Gasteiger partial charge < -0.3 is 16.3 Å². The van der Waals surface area contributed by atoms with Crippen molar-refractivity contribution >= 4 is 5.84 Å². The number of nitrogens with zero attached hydrogens (tertiary/aromatic N) is 1. The molecule has 0 spiro atoms. The van der Waals surface area contributed by atoms with E-state index in [0.717, 1.165) is 19.0 Å². The Morgan fingerprint density at radius 2 is 1.87 bits per heavy atom. The SMILES string of the molecule is CC1(C)C(CNCCC(N)=NO)C1(C)C. The largest absolute Gasteiger partial charge is 0.409 e. The van der Waals surface area contributed by atoms with Crippen LogP contribution in [0.15, 0.2) is 5.16 Å². The first-order valence-corrected chi connectivity index (χ1v) is 5.51. The van der Waals surface area contributed by atoms with Crippen molar-refractivity contribution in [3.8, 4) is 0 Å². The van der Waals surface area contributed by atoms with Crippen molar-refractivity contribution in [1.29, 1.82) is 0 Å². The molecule has 4 nitrogen and oxygen atoms in total. The summed E-state index contributed by atoms with van der Waals surface area (Å²) in [4.78, 5) is 0. The molecule has 0 unspecified atom stereocenters. The smallest absolute Gasteiger partial charge is 0.140 e. The lowest BCUT2D eigenvalue weighted by atomic mass is 10.0. The summed E-state index contributed by atoms with van der Waals surface area (Å²) in [6.07, 6.45) is 0.601. The highest BCUT2D eigenvalue weighted by atomic mass is 16.4. The summed E-state index contributed by atoms with van der Waals surface area (Å²) in [5.74, 6) is 1.01. The molecule has 1 saturated carbocycles. The molecule has 0 saturated heterocycles. The van der Waals surface area contributed by atoms with Crippen molar-refractivity contribution in [2.45, 2.75) is 34.1 Å². The number of amidine groups is 1. The molecule has 4 heteroatoms. The topological polar surface area (TPSA) is 70.6 Å². The van der Waals surface area contributed by atoms with Crippen LogP contribution in [0.4, 0.5) is 0 Å². The standard InChI is InChI=1S/C11H23N3O/c1-10(2)8(11(10,3)4)7-13-6-5-9(12)14-15/h8,13,15H,5-7H2,1-4H3,(H2,12,14). The lowest BCUT2D eigenvalue weighted by Crippen LogP contribution is -2.25. The van der Waals surface area contributed by atoms with Gasteiger partial charge in [-0.15, -0.1) is 0 Å². The van der Waals surface area contributed by atoms with E-state index in [1.807, 2.05) is 0 Å². The number of hydrogen-bond acceptors (Lipinski definition) is 3. The van der Waals surface area contributed by atoms with Crippen LogP contribution in [0, 0.1) is 16.7 Å². The lowest BCUT2D eigenvalue weighted by molar-refractivity contribution is 0.316. The van der Waals surface area contributed by atoms with E-state index in [0.29, 0.717) is 17.3 Å². The molecule has 0 bridgehead atoms. The Kier molecular flexibility index (Phi) is 3.28. The minimum Gasteiger partial charge on any atom is -0.409 e. The van der Waals surface area contributed by atoms with Crippen LogP contribution in [-0.4, -0.2) is 24.1 Å². The summed E-state index contributed by atoms with van der Waals surface area (Å²) in [7, 11) is 0. The maximum Gasteiger partial charge on any atom is 0.140 e. The van der Waals surface area contributed by atoms with Gasteiger partial charge in [0.15, 0.2) is 0 Å². The third-order valence-electron chi connectivity index (χ3n) is 4.35. The van der Waals surface area contributed by atoms with Crippen LogP contribution in [0.5, 0.6) is 0 Å². The van der Waals surface area contributed by atoms with Gasteiger partial charge in [0.1, 0.15) is 5.84 Å². The van der Waals surface area contributed by atoms with Crippen molar-refractivity contribution in [3.63, 3.8) is 0 Å². The summed E-state index contributed by atoms with van der Waals surface area (Å²) >= 11 is 0. The fraction of sp³-hybridized carbons (Fsp3) is 0.909. The van der Waals surface area contributed by atoms with Gasteiger partial charge >= 0.3 is 0 Å². The Hall–Kier alpha value is -0.770. The predicted octanol–water partition coefficient (Wildman–Crippen LogP) is 1.39. The summed E-state index contributed by atoms with van der Waals surface area (Å²) in [5, 5.41) is 14.6. The zero-order valence-electron chi connectivity index (χ0n) is 10.2. The molecule has 4 N–H and O–H groups in total. The second kappa shape index (κ2) is 4.00. The summed E-state index contributed by atoms with van der Waals surface area (Å²) < 4.78 is 0. The maximum atomic E-state index is 8.36. The molecule has 1 aliphatic rings. The van der Waals surface area contributed by atoms with E-state index >= 15 is 0 Å². The molecular formula is C11H23N3O. The van der Waals surface area contributed by atoms with Crippen LogP contribution in [0.1, 0.15) is 34.1 Å². The van der Waals surface area contributed by atoms with Gasteiger partial charge in [0.05, 0.1) is 0 Å². The van der Waals surface area contributed by atoms with Crippen LogP contribution < -0.4 is 11.1 Å². The van der Waals surface area contributed by atoms with E-state index in [9.17, 15) is 0 Å². The number of rotatable bonds is 5. The third kappa shape index (κ3) is 2.25. The summed E-state index contributed by atoms with van der Waals surface area (Å²) in [6.45, 7) is 11.0. The van der Waals surface area contributed by atoms with E-state index in [1.165, 1.54) is 0 Å². The first kappa shape index (κ1) is 12.3. The van der Waals surface area contributed by atoms with Gasteiger partial charge in [-0.05, 0) is 23.3 Å². The van der Waals surface area contributed by atoms with Gasteiger partial charge in [0.25, 0.3) is 0 Å². The molecule has 0 aromatic heterocycles. The number of nitrogens with one attached hydrogen (secondary N) is 1. The quantitative estimate of drug-likeness (QED) is 0.212. The Bertz CT molecular complexity index is 245. The molecule has 1 aliphatic carbocycles. The van der Waals surface area contributed by atoms with E-state index in [1.54, 1.807) is 0 Å². The van der Waals surface area contributed by atoms with Crippen LogP contribution in [-0.2, 0) is 0 Å². The van der Waals surface area contributed by atoms with E-state index in [4.69, 9.17) is 10.9 Å². The first-order valence-electron chi connectivity index (χ1n) is 5.51. The lowest BCUT2D eigenvalue weighted by Gasteiger charge is -2.04. The fourth-order valence-electron chi connectivity index (χ4n) is 2.36. The molecule has 0 aromatic carbocycles. The zero-order chi connectivity index (χ0) is 11.7. The van der Waals surface area contributed by atoms with Gasteiger partial charge in [-0.2, -0.15) is 0 Å². The van der Waals surface area contributed by atoms with E-state index in [2.05, 4.69) is 38.2 Å². The van der Waals surface area contributed by atoms with Crippen LogP contribution >= 0.6 is 0 Å². The molecule has 0 amide bonds. The van der Waals surface area contributed by atoms with Gasteiger partial charge in [0.2, 0.25) is 0 Å². The summed E-state index contributed by atoms with van der Waals surface area (Å²) in [5.41, 5.74) is 6.23. The molecule has 0 atom stereocenters. The molecule has 0 aromatic rings. The van der Waals surface area contributed by atoms with Crippen molar-refractivity contribution in [2.24, 2.45) is 27.6 Å². The van der Waals surface area contributed by atoms with Crippen LogP contribution in [0.25, 0.3) is 0 Å². The number of hydrogen-bond donors (Lipinski definition) is 3. The monoisotopic (exact) mass is 213 g/mol. The Morgan fingerprint density at radius 1 is 1.33 bits per heavy atom. The average Bonchev–Trinajstić information content (AvgIpc) is 2.53. The van der Waals surface area contributed by atoms with Gasteiger partial charge in [0, 0.05) is 13.0 Å². The molecule has 0 aliphatic heterocycles. The second-order valence-corrected chi connectivity index (χ2v) is 5.54. The molecule has 0 heterocycles.